The van der Waals surface area contributed by atoms with Gasteiger partial charge in [-0.25, -0.2) is 0 Å². The minimum Gasteiger partial charge on any atom is -0.494 e. The van der Waals surface area contributed by atoms with Crippen molar-refractivity contribution in [3.05, 3.63) is 54.6 Å². The van der Waals surface area contributed by atoms with Crippen molar-refractivity contribution >= 4 is 17.3 Å². The van der Waals surface area contributed by atoms with Crippen LogP contribution in [0, 0.1) is 5.92 Å². The van der Waals surface area contributed by atoms with E-state index in [2.05, 4.69) is 10.2 Å². The van der Waals surface area contributed by atoms with Crippen LogP contribution >= 0.6 is 0 Å². The topological polar surface area (TPSA) is 83.4 Å². The second kappa shape index (κ2) is 15.9. The molecule has 40 heavy (non-hydrogen) atoms. The summed E-state index contributed by atoms with van der Waals surface area (Å²) in [6, 6.07) is 17.4. The number of esters is 1. The van der Waals surface area contributed by atoms with Gasteiger partial charge in [0.1, 0.15) is 5.75 Å². The standard InChI is InChI=1S/C33H48N3O4/c1-32(2)25-27(26-33(3,4)36(32)38)31(37)40-24-16-11-9-7-5-6-8-10-15-23-39-30-21-19-29(20-22-30)35-34-28-17-13-12-14-18-28/h12-14,17-22,27H,5-11,15-16,23-26H2,1-4H3. The number of hydrogen-bond donors (Lipinski definition) is 0. The van der Waals surface area contributed by atoms with Gasteiger partial charge in [-0.1, -0.05) is 63.1 Å². The highest BCUT2D eigenvalue weighted by atomic mass is 16.5. The molecule has 0 atom stereocenters. The van der Waals surface area contributed by atoms with Crippen molar-refractivity contribution in [3.8, 4) is 5.75 Å². The smallest absolute Gasteiger partial charge is 0.309 e. The second-order valence-corrected chi connectivity index (χ2v) is 12.3. The van der Waals surface area contributed by atoms with Gasteiger partial charge < -0.3 is 9.47 Å². The zero-order valence-corrected chi connectivity index (χ0v) is 24.9. The first-order chi connectivity index (χ1) is 19.2. The van der Waals surface area contributed by atoms with E-state index in [0.717, 1.165) is 48.1 Å². The number of azo groups is 1. The average Bonchev–Trinajstić information content (AvgIpc) is 2.93. The van der Waals surface area contributed by atoms with Gasteiger partial charge in [0, 0.05) is 11.1 Å². The SMILES string of the molecule is CC1(C)CC(C(=O)OCCCCCCCCCCCOc2ccc(N=Nc3ccccc3)cc2)CC(C)(C)N1[O]. The van der Waals surface area contributed by atoms with E-state index in [1.165, 1.54) is 38.5 Å². The number of nitrogens with zero attached hydrogens (tertiary/aromatic N) is 3. The lowest BCUT2D eigenvalue weighted by atomic mass is 9.75. The molecule has 0 spiro atoms. The van der Waals surface area contributed by atoms with Crippen LogP contribution in [0.4, 0.5) is 11.4 Å². The van der Waals surface area contributed by atoms with Crippen molar-refractivity contribution in [2.24, 2.45) is 16.1 Å². The van der Waals surface area contributed by atoms with Crippen molar-refractivity contribution in [1.29, 1.82) is 0 Å². The molecule has 219 valence electrons. The van der Waals surface area contributed by atoms with E-state index in [0.29, 0.717) is 19.4 Å². The molecule has 0 aromatic heterocycles. The largest absolute Gasteiger partial charge is 0.494 e. The highest BCUT2D eigenvalue weighted by Gasteiger charge is 2.48. The van der Waals surface area contributed by atoms with E-state index in [-0.39, 0.29) is 11.9 Å². The van der Waals surface area contributed by atoms with Gasteiger partial charge in [-0.05, 0) is 89.8 Å². The molecule has 0 aliphatic carbocycles. The fourth-order valence-electron chi connectivity index (χ4n) is 5.57. The predicted molar refractivity (Wildman–Crippen MR) is 158 cm³/mol. The van der Waals surface area contributed by atoms with Crippen molar-refractivity contribution in [2.75, 3.05) is 13.2 Å². The third kappa shape index (κ3) is 10.7. The maximum Gasteiger partial charge on any atom is 0.309 e. The Labute approximate surface area is 240 Å². The van der Waals surface area contributed by atoms with E-state index in [9.17, 15) is 10.0 Å². The van der Waals surface area contributed by atoms with E-state index in [4.69, 9.17) is 9.47 Å². The number of piperidine rings is 1. The lowest BCUT2D eigenvalue weighted by Crippen LogP contribution is -2.59. The summed E-state index contributed by atoms with van der Waals surface area (Å²) in [5.74, 6) is 0.536. The summed E-state index contributed by atoms with van der Waals surface area (Å²) in [5, 5.41) is 22.1. The van der Waals surface area contributed by atoms with Crippen LogP contribution in [0.25, 0.3) is 0 Å². The number of carbonyl (C=O) groups excluding carboxylic acids is 1. The van der Waals surface area contributed by atoms with Gasteiger partial charge in [-0.3, -0.25) is 4.79 Å². The quantitative estimate of drug-likeness (QED) is 0.118. The summed E-state index contributed by atoms with van der Waals surface area (Å²) >= 11 is 0. The summed E-state index contributed by atoms with van der Waals surface area (Å²) in [5.41, 5.74) is 0.566. The number of hydroxylamine groups is 2. The van der Waals surface area contributed by atoms with E-state index >= 15 is 0 Å². The van der Waals surface area contributed by atoms with Gasteiger partial charge in [0.15, 0.2) is 0 Å². The zero-order chi connectivity index (χ0) is 28.8. The Kier molecular flexibility index (Phi) is 12.6. The molecule has 0 amide bonds. The molecule has 7 nitrogen and oxygen atoms in total. The van der Waals surface area contributed by atoms with Crippen molar-refractivity contribution in [3.63, 3.8) is 0 Å². The highest BCUT2D eigenvalue weighted by molar-refractivity contribution is 5.73. The van der Waals surface area contributed by atoms with E-state index in [1.54, 1.807) is 0 Å². The summed E-state index contributed by atoms with van der Waals surface area (Å²) in [6.07, 6.45) is 11.5. The average molecular weight is 551 g/mol. The molecular formula is C33H48N3O4. The Morgan fingerprint density at radius 1 is 0.725 bits per heavy atom. The Morgan fingerprint density at radius 2 is 1.20 bits per heavy atom. The number of ether oxygens (including phenoxy) is 2. The highest BCUT2D eigenvalue weighted by Crippen LogP contribution is 2.40. The van der Waals surface area contributed by atoms with Crippen LogP contribution in [-0.4, -0.2) is 35.3 Å². The second-order valence-electron chi connectivity index (χ2n) is 12.3. The van der Waals surface area contributed by atoms with Crippen LogP contribution in [0.15, 0.2) is 64.8 Å². The Morgan fingerprint density at radius 3 is 1.75 bits per heavy atom. The number of benzene rings is 2. The third-order valence-electron chi connectivity index (χ3n) is 7.60. The number of carbonyl (C=O) groups is 1. The molecule has 0 unspecified atom stereocenters. The first-order valence-electron chi connectivity index (χ1n) is 15.0. The molecule has 2 aromatic rings. The first kappa shape index (κ1) is 31.8. The van der Waals surface area contributed by atoms with Gasteiger partial charge in [0.25, 0.3) is 0 Å². The van der Waals surface area contributed by atoms with Crippen LogP contribution in [0.3, 0.4) is 0 Å². The van der Waals surface area contributed by atoms with E-state index < -0.39 is 11.1 Å². The van der Waals surface area contributed by atoms with Crippen molar-refractivity contribution < 1.29 is 19.5 Å². The molecule has 1 aliphatic heterocycles. The first-order valence-corrected chi connectivity index (χ1v) is 15.0. The molecule has 1 heterocycles. The lowest BCUT2D eigenvalue weighted by molar-refractivity contribution is -0.293. The summed E-state index contributed by atoms with van der Waals surface area (Å²) in [7, 11) is 0. The number of unbranched alkanes of at least 4 members (excludes halogenated alkanes) is 8. The fraction of sp³-hybridized carbons (Fsp3) is 0.606. The molecule has 1 aliphatic rings. The van der Waals surface area contributed by atoms with Crippen LogP contribution in [0.1, 0.15) is 98.3 Å². The van der Waals surface area contributed by atoms with Gasteiger partial charge >= 0.3 is 5.97 Å². The Balaban J connectivity index is 1.14. The molecule has 1 saturated heterocycles. The van der Waals surface area contributed by atoms with Gasteiger partial charge in [-0.15, -0.1) is 10.3 Å². The Hall–Kier alpha value is -2.77. The molecule has 1 radical (unpaired) electrons. The van der Waals surface area contributed by atoms with Gasteiger partial charge in [0.05, 0.1) is 30.5 Å². The maximum atomic E-state index is 12.6. The van der Waals surface area contributed by atoms with Crippen molar-refractivity contribution in [2.45, 2.75) is 109 Å². The summed E-state index contributed by atoms with van der Waals surface area (Å²) in [6.45, 7) is 8.87. The minimum absolute atomic E-state index is 0.138. The minimum atomic E-state index is -0.540. The van der Waals surface area contributed by atoms with Crippen LogP contribution in [-0.2, 0) is 14.7 Å². The summed E-state index contributed by atoms with van der Waals surface area (Å²) < 4.78 is 11.4. The normalized spacial score (nSPS) is 17.2. The number of rotatable bonds is 16. The molecule has 0 bridgehead atoms. The van der Waals surface area contributed by atoms with Crippen LogP contribution in [0.5, 0.6) is 5.75 Å². The van der Waals surface area contributed by atoms with Crippen LogP contribution in [0.2, 0.25) is 0 Å². The maximum absolute atomic E-state index is 12.6. The van der Waals surface area contributed by atoms with Crippen LogP contribution < -0.4 is 4.74 Å². The molecule has 3 rings (SSSR count). The molecule has 0 saturated carbocycles. The van der Waals surface area contributed by atoms with Gasteiger partial charge in [0.2, 0.25) is 0 Å². The molecule has 7 heteroatoms. The molecule has 0 N–H and O–H groups in total. The molecular weight excluding hydrogens is 502 g/mol. The lowest BCUT2D eigenvalue weighted by Gasteiger charge is -2.49. The van der Waals surface area contributed by atoms with Gasteiger partial charge in [-0.2, -0.15) is 10.2 Å². The predicted octanol–water partition coefficient (Wildman–Crippen LogP) is 9.15. The zero-order valence-electron chi connectivity index (χ0n) is 24.9. The third-order valence-corrected chi connectivity index (χ3v) is 7.60. The Bertz CT molecular complexity index is 1020. The molecule has 1 fully saturated rings. The monoisotopic (exact) mass is 550 g/mol. The number of hydrogen-bond acceptors (Lipinski definition) is 6. The summed E-state index contributed by atoms with van der Waals surface area (Å²) in [4.78, 5) is 12.6. The fourth-order valence-corrected chi connectivity index (χ4v) is 5.57. The van der Waals surface area contributed by atoms with E-state index in [1.807, 2.05) is 82.3 Å². The molecule has 2 aromatic carbocycles. The van der Waals surface area contributed by atoms with Crippen molar-refractivity contribution in [1.82, 2.24) is 5.06 Å².